The number of hydrogen-bond acceptors (Lipinski definition) is 13. The number of esters is 2. The molecule has 106 heavy (non-hydrogen) atoms. The summed E-state index contributed by atoms with van der Waals surface area (Å²) < 4.78 is 212. The number of ketones is 1. The van der Waals surface area contributed by atoms with Crippen LogP contribution in [0, 0.1) is 99.5 Å². The van der Waals surface area contributed by atoms with Gasteiger partial charge in [-0.15, -0.1) is 0 Å². The molecule has 0 aliphatic rings. The first-order valence-electron chi connectivity index (χ1n) is 29.3. The summed E-state index contributed by atoms with van der Waals surface area (Å²) in [6.45, 7) is 13.1. The van der Waals surface area contributed by atoms with Crippen molar-refractivity contribution in [3.05, 3.63) is 279 Å². The first-order valence-corrected chi connectivity index (χ1v) is 31.3. The van der Waals surface area contributed by atoms with Crippen LogP contribution in [0.25, 0.3) is 17.1 Å². The standard InChI is InChI=1S/C21H18F4N2O2S.C19H14F4N2O2S.C12H11FN2O2S.C9H9F3O.C8H5F3O.CH3.BrH.Li.Mg.H2O/c1-4-29-19(28)16-11-26-20(27(16)13-7-5-12(22)6-8-13)30-21(2,3)17-14(23)9-10-15(24)18(17)25;1-19(2,15-12(21)7-8-13(22)16(15)23)28-18-24-9-14(17(26)27)25(18)11-5-3-10(20)4-6-11;1-2-17-11(16)10-7-14-12(18)15(10)9-5-3-8(13)4-6-9;1-9(2,13)7-5(10)3-4-6(11)8(7)12;1-4(12)7-5(9)2-3-6(10)8(7)11;;;;;/h5-11H,4H2,1-3H3;3-9H,1-2H3,(H,26,27);3-7H,2H2,1H3,(H,14,18);3-4,13H,1-2H3;2-3H,1H3;1H3;1H;;;1H2/q;;;;;-1;;+1;+2;/p-2. The second kappa shape index (κ2) is 41.3. The average molecular weight is 1620 g/mol. The van der Waals surface area contributed by atoms with Crippen molar-refractivity contribution >= 4 is 82.5 Å². The van der Waals surface area contributed by atoms with Gasteiger partial charge in [-0.05, 0) is 196 Å². The van der Waals surface area contributed by atoms with Gasteiger partial charge in [-0.2, -0.15) is 0 Å². The van der Waals surface area contributed by atoms with E-state index in [4.69, 9.17) is 21.7 Å². The van der Waals surface area contributed by atoms with Crippen molar-refractivity contribution < 1.29 is 146 Å². The Bertz CT molecular complexity index is 4740. The SMILES string of the molecule is CC(=O)c1c(F)ccc(F)c1F.CC(C)(O)c1c(F)ccc(F)c1F.CC(C)(Sc1ncc(C(=O)O)n1-c1ccc(F)cc1)c1c(F)ccc(F)c1F.CCOC(=O)c1c[nH]c(=S)n1-c1ccc(F)cc1.CCOC(=O)c1cnc(SC(C)(C)c2c(F)ccc(F)c2F)n1-c1ccc(F)cc1.[Br-].[CH3-].[Li+].[Mg+2].[OH-]. The van der Waals surface area contributed by atoms with Gasteiger partial charge in [0, 0.05) is 43.9 Å². The van der Waals surface area contributed by atoms with Crippen LogP contribution in [0.5, 0.6) is 0 Å². The first kappa shape index (κ1) is 95.9. The molecule has 0 saturated heterocycles. The number of imidazole rings is 3. The summed E-state index contributed by atoms with van der Waals surface area (Å²) in [7, 11) is 0. The van der Waals surface area contributed by atoms with Gasteiger partial charge in [0.25, 0.3) is 0 Å². The monoisotopic (exact) mass is 1620 g/mol. The number of carbonyl (C=O) groups is 4. The number of aromatic nitrogens is 6. The number of H-pyrrole nitrogens is 1. The number of aromatic amines is 1. The molecule has 0 unspecified atom stereocenters. The minimum absolute atomic E-state index is 0. The number of carbonyl (C=O) groups excluding carboxylic acids is 3. The zero-order valence-corrected chi connectivity index (χ0v) is 63.1. The smallest absolute Gasteiger partial charge is 1.00 e. The Morgan fingerprint density at radius 3 is 1.11 bits per heavy atom. The van der Waals surface area contributed by atoms with Crippen molar-refractivity contribution in [2.45, 2.75) is 87.7 Å². The Kier molecular flexibility index (Phi) is 37.3. The molecule has 0 fully saturated rings. The molecule has 10 rings (SSSR count). The van der Waals surface area contributed by atoms with E-state index >= 15 is 0 Å². The number of benzene rings is 7. The van der Waals surface area contributed by atoms with Crippen LogP contribution in [0.4, 0.5) is 65.9 Å². The summed E-state index contributed by atoms with van der Waals surface area (Å²) in [6.07, 6.45) is 3.82. The third kappa shape index (κ3) is 23.7. The molecule has 36 heteroatoms. The van der Waals surface area contributed by atoms with Crippen LogP contribution in [0.3, 0.4) is 0 Å². The van der Waals surface area contributed by atoms with Gasteiger partial charge < -0.3 is 54.6 Å². The second-order valence-corrected chi connectivity index (χ2v) is 25.8. The second-order valence-electron chi connectivity index (χ2n) is 22.2. The van der Waals surface area contributed by atoms with Crippen LogP contribution >= 0.6 is 35.7 Å². The minimum Gasteiger partial charge on any atom is -1.00 e. The Morgan fingerprint density at radius 2 is 0.783 bits per heavy atom. The van der Waals surface area contributed by atoms with Crippen molar-refractivity contribution in [1.82, 2.24) is 28.7 Å². The fourth-order valence-electron chi connectivity index (χ4n) is 9.22. The van der Waals surface area contributed by atoms with E-state index in [1.165, 1.54) is 116 Å². The molecular formula is C70H61BrF15LiMgN6O9S3. The molecule has 0 spiro atoms. The number of hydrogen-bond donors (Lipinski definition) is 3. The number of rotatable bonds is 16. The zero-order valence-electron chi connectivity index (χ0n) is 57.7. The Morgan fingerprint density at radius 1 is 0.481 bits per heavy atom. The molecule has 4 N–H and O–H groups in total. The van der Waals surface area contributed by atoms with Crippen molar-refractivity contribution in [1.29, 1.82) is 0 Å². The van der Waals surface area contributed by atoms with E-state index in [0.717, 1.165) is 73.0 Å². The van der Waals surface area contributed by atoms with Gasteiger partial charge in [-0.3, -0.25) is 18.5 Å². The van der Waals surface area contributed by atoms with Gasteiger partial charge in [-0.25, -0.2) is 90.2 Å². The number of halogens is 16. The van der Waals surface area contributed by atoms with Gasteiger partial charge >= 0.3 is 59.8 Å². The summed E-state index contributed by atoms with van der Waals surface area (Å²) in [5, 5.41) is 19.0. The van der Waals surface area contributed by atoms with Gasteiger partial charge in [0.1, 0.15) is 40.7 Å². The zero-order chi connectivity index (χ0) is 75.3. The molecule has 0 saturated carbocycles. The molecule has 0 bridgehead atoms. The number of thioether (sulfide) groups is 2. The number of Topliss-reactive ketones (excluding diaryl/α,β-unsaturated/α-hetero) is 1. The van der Waals surface area contributed by atoms with Crippen LogP contribution in [-0.2, 0) is 24.6 Å². The third-order valence-corrected chi connectivity index (χ3v) is 16.4. The fraction of sp³-hybridized carbons (Fsp3) is 0.200. The average Bonchev–Trinajstić information content (AvgIpc) is 1.47. The molecule has 0 atom stereocenters. The normalized spacial score (nSPS) is 10.7. The van der Waals surface area contributed by atoms with Crippen LogP contribution < -0.4 is 35.8 Å². The number of aliphatic hydroxyl groups is 1. The number of ether oxygens (including phenoxy) is 2. The first-order chi connectivity index (χ1) is 47.3. The number of aromatic carboxylic acids is 1. The summed E-state index contributed by atoms with van der Waals surface area (Å²) in [6, 6.07) is 21.9. The van der Waals surface area contributed by atoms with Crippen LogP contribution in [-0.4, -0.2) is 104 Å². The summed E-state index contributed by atoms with van der Waals surface area (Å²) in [5.41, 5.74) is -2.73. The molecule has 0 amide bonds. The Hall–Kier alpha value is -8.12. The van der Waals surface area contributed by atoms with Gasteiger partial charge in [0.15, 0.2) is 84.5 Å². The van der Waals surface area contributed by atoms with E-state index in [0.29, 0.717) is 46.1 Å². The Balaban J connectivity index is 0.000000683. The van der Waals surface area contributed by atoms with E-state index in [9.17, 15) is 95.2 Å². The number of nitrogens with one attached hydrogen (secondary N) is 1. The fourth-order valence-corrected chi connectivity index (χ4v) is 11.8. The maximum Gasteiger partial charge on any atom is 2.00 e. The predicted molar refractivity (Wildman–Crippen MR) is 359 cm³/mol. The van der Waals surface area contributed by atoms with Crippen molar-refractivity contribution in [2.24, 2.45) is 0 Å². The molecule has 3 heterocycles. The van der Waals surface area contributed by atoms with Crippen LogP contribution in [0.1, 0.15) is 121 Å². The molecular weight excluding hydrogens is 1560 g/mol. The third-order valence-electron chi connectivity index (χ3n) is 13.7. The molecule has 0 aliphatic carbocycles. The van der Waals surface area contributed by atoms with Crippen molar-refractivity contribution in [3.8, 4) is 17.1 Å². The largest absolute Gasteiger partial charge is 2.00 e. The predicted octanol–water partition coefficient (Wildman–Crippen LogP) is 12.2. The quantitative estimate of drug-likeness (QED) is 0.0120. The summed E-state index contributed by atoms with van der Waals surface area (Å²) in [5.74, 6) is -18.6. The molecule has 558 valence electrons. The summed E-state index contributed by atoms with van der Waals surface area (Å²) in [4.78, 5) is 57.3. The molecule has 0 radical (unpaired) electrons. The summed E-state index contributed by atoms with van der Waals surface area (Å²) >= 11 is 6.87. The molecule has 15 nitrogen and oxygen atoms in total. The van der Waals surface area contributed by atoms with E-state index < -0.39 is 142 Å². The van der Waals surface area contributed by atoms with Crippen molar-refractivity contribution in [2.75, 3.05) is 13.2 Å². The maximum absolute atomic E-state index is 14.4. The van der Waals surface area contributed by atoms with Crippen LogP contribution in [0.15, 0.2) is 150 Å². The Labute approximate surface area is 649 Å². The molecule has 10 aromatic rings. The number of carboxylic acid groups (broad SMARTS) is 1. The maximum atomic E-state index is 14.4. The van der Waals surface area contributed by atoms with Crippen molar-refractivity contribution in [3.63, 3.8) is 0 Å². The minimum atomic E-state index is -1.73. The topological polar surface area (TPSA) is 214 Å². The van der Waals surface area contributed by atoms with Gasteiger partial charge in [-0.1, -0.05) is 23.5 Å². The number of nitrogens with zero attached hydrogens (tertiary/aromatic N) is 5. The van der Waals surface area contributed by atoms with E-state index in [2.05, 4.69) is 15.0 Å². The molecule has 3 aromatic heterocycles. The molecule has 0 aliphatic heterocycles. The number of carboxylic acids is 1. The van der Waals surface area contributed by atoms with E-state index in [1.54, 1.807) is 26.0 Å². The van der Waals surface area contributed by atoms with E-state index in [-0.39, 0.29) is 118 Å². The van der Waals surface area contributed by atoms with Crippen LogP contribution in [0.2, 0.25) is 0 Å². The van der Waals surface area contributed by atoms with Gasteiger partial charge in [0.2, 0.25) is 0 Å². The van der Waals surface area contributed by atoms with E-state index in [1.807, 2.05) is 0 Å². The molecule has 7 aromatic carbocycles. The van der Waals surface area contributed by atoms with Gasteiger partial charge in [0.05, 0.1) is 42.3 Å².